The van der Waals surface area contributed by atoms with Gasteiger partial charge in [0, 0.05) is 25.5 Å². The van der Waals surface area contributed by atoms with Crippen molar-refractivity contribution in [2.75, 3.05) is 19.0 Å². The molecule has 0 amide bonds. The lowest BCUT2D eigenvalue weighted by atomic mass is 10.3. The number of hydrogen-bond donors (Lipinski definition) is 1. The summed E-state index contributed by atoms with van der Waals surface area (Å²) in [7, 11) is 1.64. The van der Waals surface area contributed by atoms with Crippen molar-refractivity contribution < 1.29 is 18.3 Å². The molecule has 0 aliphatic carbocycles. The third kappa shape index (κ3) is 4.42. The second kappa shape index (κ2) is 7.03. The Labute approximate surface area is 121 Å². The van der Waals surface area contributed by atoms with Gasteiger partial charge in [-0.25, -0.2) is 4.98 Å². The van der Waals surface area contributed by atoms with E-state index in [0.717, 1.165) is 11.4 Å². The van der Waals surface area contributed by atoms with E-state index >= 15 is 0 Å². The number of anilines is 2. The molecule has 1 heterocycles. The number of alkyl halides is 2. The largest absolute Gasteiger partial charge is 0.435 e. The summed E-state index contributed by atoms with van der Waals surface area (Å²) in [4.78, 5) is 4.37. The van der Waals surface area contributed by atoms with Gasteiger partial charge in [0.2, 0.25) is 5.95 Å². The van der Waals surface area contributed by atoms with Crippen molar-refractivity contribution >= 4 is 11.6 Å². The van der Waals surface area contributed by atoms with Gasteiger partial charge in [-0.1, -0.05) is 0 Å². The van der Waals surface area contributed by atoms with Gasteiger partial charge in [0.25, 0.3) is 0 Å². The van der Waals surface area contributed by atoms with Crippen molar-refractivity contribution in [3.05, 3.63) is 36.2 Å². The molecule has 7 heteroatoms. The number of benzene rings is 1. The summed E-state index contributed by atoms with van der Waals surface area (Å²) in [6, 6.07) is 6.26. The minimum absolute atomic E-state index is 0.120. The number of ether oxygens (including phenoxy) is 2. The number of hydrogen-bond acceptors (Lipinski definition) is 4. The van der Waals surface area contributed by atoms with Crippen LogP contribution in [0.5, 0.6) is 5.75 Å². The molecule has 0 aliphatic rings. The van der Waals surface area contributed by atoms with Crippen LogP contribution in [-0.2, 0) is 11.3 Å². The van der Waals surface area contributed by atoms with Crippen LogP contribution in [0.4, 0.5) is 20.4 Å². The molecular formula is C14H17F2N3O2. The smallest absolute Gasteiger partial charge is 0.387 e. The topological polar surface area (TPSA) is 48.3 Å². The molecule has 0 saturated heterocycles. The van der Waals surface area contributed by atoms with E-state index in [1.54, 1.807) is 19.2 Å². The normalized spacial score (nSPS) is 10.9. The van der Waals surface area contributed by atoms with E-state index in [4.69, 9.17) is 4.74 Å². The molecule has 0 atom stereocenters. The third-order valence-electron chi connectivity index (χ3n) is 2.77. The number of methoxy groups -OCH3 is 1. The van der Waals surface area contributed by atoms with Crippen LogP contribution >= 0.6 is 0 Å². The highest BCUT2D eigenvalue weighted by Gasteiger charge is 2.07. The van der Waals surface area contributed by atoms with Gasteiger partial charge < -0.3 is 19.4 Å². The molecule has 2 aromatic rings. The maximum atomic E-state index is 12.1. The van der Waals surface area contributed by atoms with E-state index in [1.165, 1.54) is 12.1 Å². The van der Waals surface area contributed by atoms with E-state index < -0.39 is 6.61 Å². The van der Waals surface area contributed by atoms with E-state index in [-0.39, 0.29) is 5.75 Å². The van der Waals surface area contributed by atoms with Gasteiger partial charge in [-0.3, -0.25) is 0 Å². The molecule has 5 nitrogen and oxygen atoms in total. The summed E-state index contributed by atoms with van der Waals surface area (Å²) in [6.45, 7) is 0.325. The molecule has 1 N–H and O–H groups in total. The molecular weight excluding hydrogens is 280 g/mol. The first-order chi connectivity index (χ1) is 10.1. The van der Waals surface area contributed by atoms with E-state index in [1.807, 2.05) is 17.7 Å². The fourth-order valence-electron chi connectivity index (χ4n) is 1.86. The zero-order chi connectivity index (χ0) is 15.2. The van der Waals surface area contributed by atoms with Crippen LogP contribution in [0.25, 0.3) is 0 Å². The molecule has 21 heavy (non-hydrogen) atoms. The van der Waals surface area contributed by atoms with Crippen molar-refractivity contribution in [3.8, 4) is 5.75 Å². The van der Waals surface area contributed by atoms with Crippen LogP contribution in [-0.4, -0.2) is 29.9 Å². The van der Waals surface area contributed by atoms with Gasteiger partial charge in [-0.05, 0) is 31.2 Å². The summed E-state index contributed by atoms with van der Waals surface area (Å²) in [5, 5.41) is 3.14. The Kier molecular flexibility index (Phi) is 5.10. The molecule has 0 aliphatic heterocycles. The van der Waals surface area contributed by atoms with Crippen molar-refractivity contribution in [3.63, 3.8) is 0 Å². The van der Waals surface area contributed by atoms with Crippen LogP contribution in [0.2, 0.25) is 0 Å². The second-order valence-corrected chi connectivity index (χ2v) is 4.42. The lowest BCUT2D eigenvalue weighted by molar-refractivity contribution is -0.0498. The minimum Gasteiger partial charge on any atom is -0.435 e. The second-order valence-electron chi connectivity index (χ2n) is 4.42. The number of aromatic nitrogens is 2. The maximum absolute atomic E-state index is 12.1. The lowest BCUT2D eigenvalue weighted by Crippen LogP contribution is -2.07. The molecule has 0 unspecified atom stereocenters. The summed E-state index contributed by atoms with van der Waals surface area (Å²) >= 11 is 0. The van der Waals surface area contributed by atoms with Gasteiger partial charge in [0.05, 0.1) is 12.3 Å². The van der Waals surface area contributed by atoms with E-state index in [2.05, 4.69) is 15.0 Å². The first-order valence-electron chi connectivity index (χ1n) is 6.43. The van der Waals surface area contributed by atoms with E-state index in [9.17, 15) is 8.78 Å². The summed E-state index contributed by atoms with van der Waals surface area (Å²) in [5.74, 6) is 0.793. The first-order valence-corrected chi connectivity index (χ1v) is 6.43. The Morgan fingerprint density at radius 3 is 2.62 bits per heavy atom. The molecule has 1 aromatic carbocycles. The molecule has 1 aromatic heterocycles. The highest BCUT2D eigenvalue weighted by Crippen LogP contribution is 2.21. The number of nitrogens with one attached hydrogen (secondary N) is 1. The fraction of sp³-hybridized carbons (Fsp3) is 0.357. The van der Waals surface area contributed by atoms with E-state index in [0.29, 0.717) is 19.1 Å². The Morgan fingerprint density at radius 2 is 2.00 bits per heavy atom. The Hall–Kier alpha value is -2.15. The number of halogens is 2. The van der Waals surface area contributed by atoms with Crippen LogP contribution in [0, 0.1) is 6.92 Å². The number of aryl methyl sites for hydroxylation is 1. The first kappa shape index (κ1) is 15.2. The third-order valence-corrected chi connectivity index (χ3v) is 2.77. The highest BCUT2D eigenvalue weighted by molar-refractivity contribution is 5.55. The highest BCUT2D eigenvalue weighted by atomic mass is 19.3. The molecule has 0 fully saturated rings. The van der Waals surface area contributed by atoms with Gasteiger partial charge in [-0.15, -0.1) is 0 Å². The monoisotopic (exact) mass is 297 g/mol. The van der Waals surface area contributed by atoms with Crippen LogP contribution in [0.1, 0.15) is 5.69 Å². The molecule has 0 bridgehead atoms. The van der Waals surface area contributed by atoms with Crippen LogP contribution in [0.3, 0.4) is 0 Å². The summed E-state index contributed by atoms with van der Waals surface area (Å²) in [6.07, 6.45) is 1.91. The summed E-state index contributed by atoms with van der Waals surface area (Å²) in [5.41, 5.74) is 1.62. The molecule has 2 rings (SSSR count). The van der Waals surface area contributed by atoms with Crippen LogP contribution < -0.4 is 10.1 Å². The Morgan fingerprint density at radius 1 is 1.29 bits per heavy atom. The van der Waals surface area contributed by atoms with Gasteiger partial charge in [-0.2, -0.15) is 8.78 Å². The summed E-state index contributed by atoms with van der Waals surface area (Å²) < 4.78 is 35.4. The predicted octanol–water partition coefficient (Wildman–Crippen LogP) is 3.18. The van der Waals surface area contributed by atoms with Crippen molar-refractivity contribution in [1.29, 1.82) is 0 Å². The molecule has 0 spiro atoms. The number of rotatable bonds is 7. The lowest BCUT2D eigenvalue weighted by Gasteiger charge is -2.10. The number of imidazole rings is 1. The molecule has 0 saturated carbocycles. The van der Waals surface area contributed by atoms with Crippen molar-refractivity contribution in [1.82, 2.24) is 9.55 Å². The Bertz CT molecular complexity index is 570. The Balaban J connectivity index is 2.07. The SMILES string of the molecule is COCCn1cc(C)nc1Nc1ccc(OC(F)F)cc1. The zero-order valence-corrected chi connectivity index (χ0v) is 11.8. The molecule has 0 radical (unpaired) electrons. The quantitative estimate of drug-likeness (QED) is 0.852. The van der Waals surface area contributed by atoms with Crippen LogP contribution in [0.15, 0.2) is 30.5 Å². The zero-order valence-electron chi connectivity index (χ0n) is 11.8. The average molecular weight is 297 g/mol. The van der Waals surface area contributed by atoms with Crippen molar-refractivity contribution in [2.45, 2.75) is 20.1 Å². The van der Waals surface area contributed by atoms with Gasteiger partial charge in [0.15, 0.2) is 0 Å². The minimum atomic E-state index is -2.82. The van der Waals surface area contributed by atoms with Gasteiger partial charge >= 0.3 is 6.61 Å². The average Bonchev–Trinajstić information content (AvgIpc) is 2.78. The maximum Gasteiger partial charge on any atom is 0.387 e. The predicted molar refractivity (Wildman–Crippen MR) is 75.2 cm³/mol. The van der Waals surface area contributed by atoms with Gasteiger partial charge in [0.1, 0.15) is 5.75 Å². The van der Waals surface area contributed by atoms with Crippen molar-refractivity contribution in [2.24, 2.45) is 0 Å². The fourth-order valence-corrected chi connectivity index (χ4v) is 1.86. The standard InChI is InChI=1S/C14H17F2N3O2/c1-10-9-19(7-8-20-2)14(17-10)18-11-3-5-12(6-4-11)21-13(15)16/h3-6,9,13H,7-8H2,1-2H3,(H,17,18). The number of nitrogens with zero attached hydrogens (tertiary/aromatic N) is 2. The molecule has 114 valence electrons.